The molecule has 0 radical (unpaired) electrons. The van der Waals surface area contributed by atoms with E-state index in [0.29, 0.717) is 0 Å². The lowest BCUT2D eigenvalue weighted by molar-refractivity contribution is 0.660. The Labute approximate surface area is 396 Å². The predicted octanol–water partition coefficient (Wildman–Crippen LogP) is 17.6. The molecule has 0 fully saturated rings. The fourth-order valence-corrected chi connectivity index (χ4v) is 13.2. The van der Waals surface area contributed by atoms with Gasteiger partial charge in [0.05, 0.1) is 43.7 Å². The maximum absolute atomic E-state index is 5.61. The number of rotatable bonds is 4. The van der Waals surface area contributed by atoms with Crippen LogP contribution in [0.25, 0.3) is 130 Å². The van der Waals surface area contributed by atoms with E-state index in [1.54, 1.807) is 0 Å². The molecule has 0 bridgehead atoms. The van der Waals surface area contributed by atoms with Crippen molar-refractivity contribution >= 4 is 96.8 Å². The number of pyridine rings is 1. The lowest BCUT2D eigenvalue weighted by atomic mass is 9.81. The van der Waals surface area contributed by atoms with Crippen molar-refractivity contribution in [2.24, 2.45) is 0 Å². The van der Waals surface area contributed by atoms with Crippen molar-refractivity contribution in [3.05, 3.63) is 223 Å². The molecule has 0 saturated heterocycles. The van der Waals surface area contributed by atoms with Gasteiger partial charge in [-0.3, -0.25) is 0 Å². The Morgan fingerprint density at radius 1 is 0.397 bits per heavy atom. The van der Waals surface area contributed by atoms with Gasteiger partial charge in [0.15, 0.2) is 0 Å². The van der Waals surface area contributed by atoms with Crippen molar-refractivity contribution in [1.82, 2.24) is 14.1 Å². The number of benzene rings is 10. The number of thiophene rings is 1. The highest BCUT2D eigenvalue weighted by Crippen LogP contribution is 2.52. The van der Waals surface area contributed by atoms with Gasteiger partial charge in [-0.25, -0.2) is 4.98 Å². The van der Waals surface area contributed by atoms with Gasteiger partial charge in [0.2, 0.25) is 0 Å². The summed E-state index contributed by atoms with van der Waals surface area (Å²) in [5.41, 5.74) is 17.9. The molecule has 15 rings (SSSR count). The maximum Gasteiger partial charge on any atom is 0.0789 e. The average Bonchev–Trinajstić information content (AvgIpc) is 4.11. The molecule has 0 N–H and O–H groups in total. The first-order chi connectivity index (χ1) is 33.5. The van der Waals surface area contributed by atoms with Gasteiger partial charge in [-0.1, -0.05) is 153 Å². The number of aromatic nitrogens is 3. The first-order valence-corrected chi connectivity index (χ1v) is 24.4. The van der Waals surface area contributed by atoms with Gasteiger partial charge in [-0.15, -0.1) is 11.3 Å². The van der Waals surface area contributed by atoms with Crippen LogP contribution in [-0.2, 0) is 5.41 Å². The van der Waals surface area contributed by atoms with Gasteiger partial charge in [0.25, 0.3) is 0 Å². The van der Waals surface area contributed by atoms with Crippen LogP contribution in [0.15, 0.2) is 212 Å². The second kappa shape index (κ2) is 13.9. The van der Waals surface area contributed by atoms with E-state index in [0.717, 1.165) is 22.2 Å². The Morgan fingerprint density at radius 3 is 1.74 bits per heavy atom. The Bertz CT molecular complexity index is 4470. The molecule has 14 aromatic rings. The second-order valence-corrected chi connectivity index (χ2v) is 20.1. The van der Waals surface area contributed by atoms with Crippen LogP contribution < -0.4 is 0 Å². The third kappa shape index (κ3) is 5.15. The molecule has 4 heterocycles. The van der Waals surface area contributed by atoms with Gasteiger partial charge < -0.3 is 9.13 Å². The van der Waals surface area contributed by atoms with Gasteiger partial charge in [-0.05, 0) is 106 Å². The highest BCUT2D eigenvalue weighted by atomic mass is 32.1. The summed E-state index contributed by atoms with van der Waals surface area (Å²) in [6.07, 6.45) is 0. The van der Waals surface area contributed by atoms with Crippen LogP contribution in [-0.4, -0.2) is 14.1 Å². The highest BCUT2D eigenvalue weighted by molar-refractivity contribution is 7.26. The highest BCUT2D eigenvalue weighted by Gasteiger charge is 2.35. The number of fused-ring (bicyclic) bond motifs is 16. The predicted molar refractivity (Wildman–Crippen MR) is 289 cm³/mol. The van der Waals surface area contributed by atoms with Crippen molar-refractivity contribution in [2.45, 2.75) is 19.3 Å². The molecule has 10 aromatic carbocycles. The summed E-state index contributed by atoms with van der Waals surface area (Å²) in [5.74, 6) is 0. The van der Waals surface area contributed by atoms with Crippen LogP contribution in [0, 0.1) is 0 Å². The van der Waals surface area contributed by atoms with Crippen molar-refractivity contribution in [3.8, 4) is 44.9 Å². The van der Waals surface area contributed by atoms with E-state index in [9.17, 15) is 0 Å². The van der Waals surface area contributed by atoms with E-state index in [2.05, 4.69) is 235 Å². The van der Waals surface area contributed by atoms with E-state index in [4.69, 9.17) is 4.98 Å². The number of nitrogens with zero attached hydrogens (tertiary/aromatic N) is 3. The molecule has 1 aliphatic rings. The van der Waals surface area contributed by atoms with Crippen LogP contribution in [0.2, 0.25) is 0 Å². The quantitative estimate of drug-likeness (QED) is 0.162. The lowest BCUT2D eigenvalue weighted by Crippen LogP contribution is -2.14. The summed E-state index contributed by atoms with van der Waals surface area (Å²) in [7, 11) is 0. The summed E-state index contributed by atoms with van der Waals surface area (Å²) in [5, 5.41) is 11.1. The number of hydrogen-bond acceptors (Lipinski definition) is 2. The summed E-state index contributed by atoms with van der Waals surface area (Å²) in [6, 6.07) is 78.6. The van der Waals surface area contributed by atoms with E-state index in [1.165, 1.54) is 119 Å². The third-order valence-corrected chi connectivity index (χ3v) is 16.3. The summed E-state index contributed by atoms with van der Waals surface area (Å²) in [4.78, 5) is 5.61. The molecule has 0 saturated carbocycles. The van der Waals surface area contributed by atoms with E-state index >= 15 is 0 Å². The smallest absolute Gasteiger partial charge is 0.0789 e. The fourth-order valence-electron chi connectivity index (χ4n) is 12.0. The summed E-state index contributed by atoms with van der Waals surface area (Å²) >= 11 is 1.90. The van der Waals surface area contributed by atoms with Crippen LogP contribution in [0.1, 0.15) is 25.0 Å². The minimum Gasteiger partial charge on any atom is -0.309 e. The van der Waals surface area contributed by atoms with Crippen molar-refractivity contribution in [2.75, 3.05) is 0 Å². The molecule has 68 heavy (non-hydrogen) atoms. The first kappa shape index (κ1) is 37.9. The van der Waals surface area contributed by atoms with Crippen LogP contribution >= 0.6 is 11.3 Å². The van der Waals surface area contributed by atoms with E-state index in [1.807, 2.05) is 11.3 Å². The summed E-state index contributed by atoms with van der Waals surface area (Å²) < 4.78 is 7.47. The van der Waals surface area contributed by atoms with Crippen LogP contribution in [0.5, 0.6) is 0 Å². The number of para-hydroxylation sites is 4. The van der Waals surface area contributed by atoms with Crippen LogP contribution in [0.3, 0.4) is 0 Å². The topological polar surface area (TPSA) is 22.8 Å². The molecule has 0 unspecified atom stereocenters. The first-order valence-electron chi connectivity index (χ1n) is 23.5. The zero-order valence-electron chi connectivity index (χ0n) is 37.5. The Hall–Kier alpha value is -8.31. The normalized spacial score (nSPS) is 13.3. The zero-order chi connectivity index (χ0) is 44.8. The van der Waals surface area contributed by atoms with Crippen molar-refractivity contribution < 1.29 is 0 Å². The molecule has 4 heteroatoms. The SMILES string of the molecule is CC1(C)c2ccccc2-c2ccc(-c3nc4ccccc4c4c3cc(-n3c5ccccc5c5cc(-c6ccc7c(c6)c6ccccc6n7-c6ccccc6)ccc53)c3sc5ccccc5c34)cc21. The molecular formula is C64H41N3S. The minimum atomic E-state index is -0.134. The zero-order valence-corrected chi connectivity index (χ0v) is 38.3. The van der Waals surface area contributed by atoms with Gasteiger partial charge in [0.1, 0.15) is 0 Å². The standard InChI is InChI=1S/C64H41N3S/c1-64(2)51-23-11-6-18-42(51)43-31-28-40(36-52(43)64)62-50-37-58(63-61(47-22-10-15-27-59(47)68-63)60(50)46-21-7-12-24-53(46)65-62)67-55-26-14-9-20-45(55)49-35-39(30-33-57(49)67)38-29-32-56-48(34-38)44-19-8-13-25-54(44)66(56)41-16-4-3-5-17-41/h3-37H,1-2H3. The third-order valence-electron chi connectivity index (χ3n) is 15.1. The Morgan fingerprint density at radius 2 is 0.971 bits per heavy atom. The summed E-state index contributed by atoms with van der Waals surface area (Å²) in [6.45, 7) is 4.73. The Balaban J connectivity index is 0.994. The molecule has 0 atom stereocenters. The molecule has 0 amide bonds. The van der Waals surface area contributed by atoms with Crippen LogP contribution in [0.4, 0.5) is 0 Å². The van der Waals surface area contributed by atoms with Crippen molar-refractivity contribution in [1.29, 1.82) is 0 Å². The van der Waals surface area contributed by atoms with E-state index < -0.39 is 0 Å². The van der Waals surface area contributed by atoms with Gasteiger partial charge in [-0.2, -0.15) is 0 Å². The van der Waals surface area contributed by atoms with Gasteiger partial charge in [0, 0.05) is 69.8 Å². The monoisotopic (exact) mass is 883 g/mol. The molecule has 318 valence electrons. The molecule has 1 aliphatic carbocycles. The fraction of sp³-hybridized carbons (Fsp3) is 0.0469. The largest absolute Gasteiger partial charge is 0.309 e. The van der Waals surface area contributed by atoms with E-state index in [-0.39, 0.29) is 5.41 Å². The van der Waals surface area contributed by atoms with Gasteiger partial charge >= 0.3 is 0 Å². The molecule has 4 aromatic heterocycles. The minimum absolute atomic E-state index is 0.134. The maximum atomic E-state index is 5.61. The lowest BCUT2D eigenvalue weighted by Gasteiger charge is -2.22. The Kier molecular flexibility index (Phi) is 7.72. The molecule has 3 nitrogen and oxygen atoms in total. The van der Waals surface area contributed by atoms with Crippen molar-refractivity contribution in [3.63, 3.8) is 0 Å². The molecular weight excluding hydrogens is 843 g/mol. The second-order valence-electron chi connectivity index (χ2n) is 19.0. The molecule has 0 spiro atoms. The average molecular weight is 884 g/mol. The number of hydrogen-bond donors (Lipinski definition) is 0. The molecule has 0 aliphatic heterocycles.